The largest absolute Gasteiger partial charge is 0.351 e. The summed E-state index contributed by atoms with van der Waals surface area (Å²) in [5, 5.41) is 10.9. The first-order chi connectivity index (χ1) is 9.00. The first-order valence-electron chi connectivity index (χ1n) is 5.78. The third-order valence-corrected chi connectivity index (χ3v) is 3.00. The SMILES string of the molecule is CN(CN1C(=O)CCC1=O)c1ccccc1[N+](=O)[O-]. The Morgan fingerprint density at radius 3 is 2.42 bits per heavy atom. The van der Waals surface area contributed by atoms with Gasteiger partial charge in [-0.05, 0) is 6.07 Å². The van der Waals surface area contributed by atoms with Crippen LogP contribution in [0.25, 0.3) is 0 Å². The molecule has 0 bridgehead atoms. The summed E-state index contributed by atoms with van der Waals surface area (Å²) in [6.45, 7) is 0.0303. The molecular formula is C12H13N3O4. The van der Waals surface area contributed by atoms with Crippen LogP contribution in [0.1, 0.15) is 12.8 Å². The number of amides is 2. The number of anilines is 1. The fourth-order valence-corrected chi connectivity index (χ4v) is 2.01. The Balaban J connectivity index is 2.20. The van der Waals surface area contributed by atoms with Crippen LogP contribution in [0.5, 0.6) is 0 Å². The van der Waals surface area contributed by atoms with Gasteiger partial charge in [0.2, 0.25) is 11.8 Å². The summed E-state index contributed by atoms with van der Waals surface area (Å²) in [5.41, 5.74) is 0.323. The van der Waals surface area contributed by atoms with Gasteiger partial charge in [0.1, 0.15) is 12.4 Å². The average molecular weight is 263 g/mol. The van der Waals surface area contributed by atoms with Gasteiger partial charge in [0, 0.05) is 26.0 Å². The van der Waals surface area contributed by atoms with E-state index in [9.17, 15) is 19.7 Å². The molecule has 1 fully saturated rings. The maximum Gasteiger partial charge on any atom is 0.292 e. The number of nitro groups is 1. The number of rotatable bonds is 4. The lowest BCUT2D eigenvalue weighted by Crippen LogP contribution is -2.39. The third kappa shape index (κ3) is 2.54. The molecule has 2 amide bonds. The van der Waals surface area contributed by atoms with E-state index in [-0.39, 0.29) is 37.0 Å². The van der Waals surface area contributed by atoms with Crippen molar-refractivity contribution >= 4 is 23.2 Å². The lowest BCUT2D eigenvalue weighted by Gasteiger charge is -2.24. The first kappa shape index (κ1) is 13.0. The molecule has 19 heavy (non-hydrogen) atoms. The van der Waals surface area contributed by atoms with Crippen molar-refractivity contribution in [1.82, 2.24) is 4.90 Å². The van der Waals surface area contributed by atoms with E-state index < -0.39 is 4.92 Å². The van der Waals surface area contributed by atoms with Gasteiger partial charge in [0.25, 0.3) is 5.69 Å². The number of para-hydroxylation sites is 2. The fraction of sp³-hybridized carbons (Fsp3) is 0.333. The number of carbonyl (C=O) groups is 2. The summed E-state index contributed by atoms with van der Waals surface area (Å²) in [5.74, 6) is -0.481. The predicted octanol–water partition coefficient (Wildman–Crippen LogP) is 1.14. The summed E-state index contributed by atoms with van der Waals surface area (Å²) in [6, 6.07) is 6.22. The number of imide groups is 1. The zero-order valence-electron chi connectivity index (χ0n) is 10.4. The van der Waals surface area contributed by atoms with E-state index in [2.05, 4.69) is 0 Å². The highest BCUT2D eigenvalue weighted by Crippen LogP contribution is 2.27. The van der Waals surface area contributed by atoms with E-state index in [0.29, 0.717) is 5.69 Å². The summed E-state index contributed by atoms with van der Waals surface area (Å²) >= 11 is 0. The molecule has 1 aliphatic heterocycles. The Morgan fingerprint density at radius 1 is 1.26 bits per heavy atom. The molecule has 0 atom stereocenters. The highest BCUT2D eigenvalue weighted by molar-refractivity contribution is 6.02. The van der Waals surface area contributed by atoms with Crippen LogP contribution in [-0.2, 0) is 9.59 Å². The van der Waals surface area contributed by atoms with Gasteiger partial charge in [-0.3, -0.25) is 24.6 Å². The number of benzene rings is 1. The molecule has 0 saturated carbocycles. The molecule has 1 aromatic carbocycles. The van der Waals surface area contributed by atoms with Crippen LogP contribution in [0.2, 0.25) is 0 Å². The van der Waals surface area contributed by atoms with E-state index >= 15 is 0 Å². The molecule has 1 aromatic rings. The average Bonchev–Trinajstić information content (AvgIpc) is 2.70. The minimum absolute atomic E-state index is 0.0303. The summed E-state index contributed by atoms with van der Waals surface area (Å²) < 4.78 is 0. The molecule has 0 spiro atoms. The van der Waals surface area contributed by atoms with Gasteiger partial charge < -0.3 is 4.90 Å². The molecule has 2 rings (SSSR count). The third-order valence-electron chi connectivity index (χ3n) is 3.00. The van der Waals surface area contributed by atoms with Crippen LogP contribution >= 0.6 is 0 Å². The monoisotopic (exact) mass is 263 g/mol. The zero-order chi connectivity index (χ0) is 14.0. The van der Waals surface area contributed by atoms with Gasteiger partial charge in [-0.25, -0.2) is 0 Å². The maximum atomic E-state index is 11.5. The number of hydrogen-bond acceptors (Lipinski definition) is 5. The van der Waals surface area contributed by atoms with E-state index in [1.165, 1.54) is 11.0 Å². The smallest absolute Gasteiger partial charge is 0.292 e. The van der Waals surface area contributed by atoms with Crippen LogP contribution in [-0.4, -0.2) is 35.4 Å². The predicted molar refractivity (Wildman–Crippen MR) is 67.5 cm³/mol. The van der Waals surface area contributed by atoms with E-state index in [1.54, 1.807) is 25.2 Å². The first-order valence-corrected chi connectivity index (χ1v) is 5.78. The van der Waals surface area contributed by atoms with E-state index in [0.717, 1.165) is 4.90 Å². The molecule has 0 aliphatic carbocycles. The molecule has 0 aromatic heterocycles. The van der Waals surface area contributed by atoms with Crippen LogP contribution in [0.15, 0.2) is 24.3 Å². The summed E-state index contributed by atoms with van der Waals surface area (Å²) in [4.78, 5) is 36.1. The Labute approximate surface area is 109 Å². The Hall–Kier alpha value is -2.44. The van der Waals surface area contributed by atoms with Gasteiger partial charge in [0.05, 0.1) is 4.92 Å². The van der Waals surface area contributed by atoms with Crippen molar-refractivity contribution in [3.05, 3.63) is 34.4 Å². The van der Waals surface area contributed by atoms with Crippen molar-refractivity contribution < 1.29 is 14.5 Å². The summed E-state index contributed by atoms with van der Waals surface area (Å²) in [6.07, 6.45) is 0.424. The minimum atomic E-state index is -0.487. The molecule has 7 nitrogen and oxygen atoms in total. The van der Waals surface area contributed by atoms with E-state index in [1.807, 2.05) is 0 Å². The fourth-order valence-electron chi connectivity index (χ4n) is 2.01. The van der Waals surface area contributed by atoms with Crippen molar-refractivity contribution in [2.45, 2.75) is 12.8 Å². The highest BCUT2D eigenvalue weighted by Gasteiger charge is 2.30. The van der Waals surface area contributed by atoms with Crippen LogP contribution in [0.4, 0.5) is 11.4 Å². The zero-order valence-corrected chi connectivity index (χ0v) is 10.4. The molecule has 1 heterocycles. The topological polar surface area (TPSA) is 83.8 Å². The molecular weight excluding hydrogens is 250 g/mol. The van der Waals surface area contributed by atoms with Crippen LogP contribution in [0.3, 0.4) is 0 Å². The second-order valence-corrected chi connectivity index (χ2v) is 4.30. The van der Waals surface area contributed by atoms with Gasteiger partial charge in [0.15, 0.2) is 0 Å². The quantitative estimate of drug-likeness (QED) is 0.462. The Kier molecular flexibility index (Phi) is 3.46. The number of likely N-dealkylation sites (tertiary alicyclic amines) is 1. The maximum absolute atomic E-state index is 11.5. The summed E-state index contributed by atoms with van der Waals surface area (Å²) in [7, 11) is 1.61. The Bertz CT molecular complexity index is 528. The van der Waals surface area contributed by atoms with E-state index in [4.69, 9.17) is 0 Å². The van der Waals surface area contributed by atoms with Crippen LogP contribution < -0.4 is 4.90 Å². The number of hydrogen-bond donors (Lipinski definition) is 0. The Morgan fingerprint density at radius 2 is 1.84 bits per heavy atom. The van der Waals surface area contributed by atoms with Crippen LogP contribution in [0, 0.1) is 10.1 Å². The van der Waals surface area contributed by atoms with Crippen molar-refractivity contribution in [2.75, 3.05) is 18.6 Å². The van der Waals surface area contributed by atoms with Gasteiger partial charge >= 0.3 is 0 Å². The molecule has 100 valence electrons. The standard InChI is InChI=1S/C12H13N3O4/c1-13(8-14-11(16)6-7-12(14)17)9-4-2-3-5-10(9)15(18)19/h2-5H,6-8H2,1H3. The molecule has 0 unspecified atom stereocenters. The molecule has 1 aliphatic rings. The lowest BCUT2D eigenvalue weighted by molar-refractivity contribution is -0.384. The van der Waals surface area contributed by atoms with Crippen molar-refractivity contribution in [1.29, 1.82) is 0 Å². The molecule has 1 saturated heterocycles. The minimum Gasteiger partial charge on any atom is -0.351 e. The van der Waals surface area contributed by atoms with Gasteiger partial charge in [-0.15, -0.1) is 0 Å². The number of nitrogens with zero attached hydrogens (tertiary/aromatic N) is 3. The highest BCUT2D eigenvalue weighted by atomic mass is 16.6. The molecule has 0 N–H and O–H groups in total. The van der Waals surface area contributed by atoms with Gasteiger partial charge in [-0.2, -0.15) is 0 Å². The van der Waals surface area contributed by atoms with Crippen molar-refractivity contribution in [3.8, 4) is 0 Å². The second kappa shape index (κ2) is 5.05. The molecule has 0 radical (unpaired) electrons. The normalized spacial score (nSPS) is 14.9. The number of nitro benzene ring substituents is 1. The molecule has 7 heteroatoms. The second-order valence-electron chi connectivity index (χ2n) is 4.30. The van der Waals surface area contributed by atoms with Crippen molar-refractivity contribution in [3.63, 3.8) is 0 Å². The van der Waals surface area contributed by atoms with Gasteiger partial charge in [-0.1, -0.05) is 12.1 Å². The number of carbonyl (C=O) groups excluding carboxylic acids is 2. The van der Waals surface area contributed by atoms with Crippen molar-refractivity contribution in [2.24, 2.45) is 0 Å². The lowest BCUT2D eigenvalue weighted by atomic mass is 10.2.